The number of hydrogen-bond donors (Lipinski definition) is 2. The second-order valence-corrected chi connectivity index (χ2v) is 7.35. The number of benzene rings is 1. The lowest BCUT2D eigenvalue weighted by molar-refractivity contribution is -0.120. The number of halogens is 2. The van der Waals surface area contributed by atoms with Crippen molar-refractivity contribution in [3.63, 3.8) is 0 Å². The average molecular weight is 403 g/mol. The van der Waals surface area contributed by atoms with Gasteiger partial charge in [0.1, 0.15) is 0 Å². The molecule has 0 aromatic heterocycles. The maximum absolute atomic E-state index is 12.4. The van der Waals surface area contributed by atoms with Gasteiger partial charge in [0.15, 0.2) is 0 Å². The summed E-state index contributed by atoms with van der Waals surface area (Å²) in [7, 11) is 0. The first-order chi connectivity index (χ1) is 10.7. The van der Waals surface area contributed by atoms with Gasteiger partial charge in [-0.15, -0.1) is 12.4 Å². The summed E-state index contributed by atoms with van der Waals surface area (Å²) in [6.07, 6.45) is 6.33. The molecule has 23 heavy (non-hydrogen) atoms. The van der Waals surface area contributed by atoms with Crippen LogP contribution >= 0.6 is 28.3 Å². The van der Waals surface area contributed by atoms with E-state index >= 15 is 0 Å². The third kappa shape index (κ3) is 4.69. The van der Waals surface area contributed by atoms with E-state index in [1.807, 2.05) is 24.3 Å². The molecule has 1 aromatic rings. The fraction of sp³-hybridized carbons (Fsp3) is 0.588. The third-order valence-electron chi connectivity index (χ3n) is 4.93. The zero-order chi connectivity index (χ0) is 15.4. The first kappa shape index (κ1) is 18.7. The topological polar surface area (TPSA) is 44.4 Å². The van der Waals surface area contributed by atoms with Crippen LogP contribution in [0.3, 0.4) is 0 Å². The molecule has 3 rings (SSSR count). The van der Waals surface area contributed by atoms with Gasteiger partial charge in [0.05, 0.1) is 6.54 Å². The molecule has 1 saturated carbocycles. The molecule has 1 spiro atoms. The molecule has 0 atom stereocenters. The maximum atomic E-state index is 12.4. The van der Waals surface area contributed by atoms with Gasteiger partial charge in [0.25, 0.3) is 0 Å². The Kier molecular flexibility index (Phi) is 6.89. The Morgan fingerprint density at radius 2 is 1.91 bits per heavy atom. The summed E-state index contributed by atoms with van der Waals surface area (Å²) in [5.74, 6) is 0.0918. The minimum Gasteiger partial charge on any atom is -0.325 e. The van der Waals surface area contributed by atoms with Crippen LogP contribution in [0, 0.1) is 0 Å². The van der Waals surface area contributed by atoms with Crippen LogP contribution in [0.25, 0.3) is 0 Å². The van der Waals surface area contributed by atoms with Crippen molar-refractivity contribution in [2.24, 2.45) is 0 Å². The predicted molar refractivity (Wildman–Crippen MR) is 100 cm³/mol. The lowest BCUT2D eigenvalue weighted by atomic mass is 9.79. The summed E-state index contributed by atoms with van der Waals surface area (Å²) in [5, 5.41) is 6.54. The van der Waals surface area contributed by atoms with Crippen molar-refractivity contribution >= 4 is 39.9 Å². The quantitative estimate of drug-likeness (QED) is 0.814. The van der Waals surface area contributed by atoms with Crippen molar-refractivity contribution in [2.45, 2.75) is 37.6 Å². The Morgan fingerprint density at radius 1 is 1.22 bits per heavy atom. The van der Waals surface area contributed by atoms with Crippen molar-refractivity contribution < 1.29 is 4.79 Å². The van der Waals surface area contributed by atoms with Crippen LogP contribution in [0.4, 0.5) is 5.69 Å². The number of piperazine rings is 1. The van der Waals surface area contributed by atoms with Gasteiger partial charge in [-0.25, -0.2) is 0 Å². The molecule has 1 saturated heterocycles. The summed E-state index contributed by atoms with van der Waals surface area (Å²) in [6.45, 7) is 3.47. The Labute approximate surface area is 152 Å². The summed E-state index contributed by atoms with van der Waals surface area (Å²) >= 11 is 3.41. The molecule has 1 heterocycles. The molecule has 1 aliphatic carbocycles. The van der Waals surface area contributed by atoms with E-state index < -0.39 is 0 Å². The number of anilines is 1. The van der Waals surface area contributed by atoms with Crippen molar-refractivity contribution in [1.29, 1.82) is 0 Å². The molecular formula is C17H25BrClN3O. The first-order valence-corrected chi connectivity index (χ1v) is 8.98. The van der Waals surface area contributed by atoms with E-state index in [4.69, 9.17) is 0 Å². The van der Waals surface area contributed by atoms with Crippen LogP contribution in [-0.2, 0) is 4.79 Å². The molecule has 2 N–H and O–H groups in total. The summed E-state index contributed by atoms with van der Waals surface area (Å²) in [6, 6.07) is 7.75. The normalized spacial score (nSPS) is 20.7. The smallest absolute Gasteiger partial charge is 0.238 e. The highest BCUT2D eigenvalue weighted by atomic mass is 79.9. The molecule has 1 amide bonds. The summed E-state index contributed by atoms with van der Waals surface area (Å²) in [5.41, 5.74) is 1.06. The minimum atomic E-state index is 0. The zero-order valence-electron chi connectivity index (χ0n) is 13.3. The molecule has 4 nitrogen and oxygen atoms in total. The number of rotatable bonds is 3. The van der Waals surface area contributed by atoms with Gasteiger partial charge in [-0.05, 0) is 37.1 Å². The standard InChI is InChI=1S/C17H24BrN3O.ClH/c18-14-4-6-15(7-5-14)20-16(22)12-21-11-10-19-13-17(21)8-2-1-3-9-17;/h4-7,19H,1-3,8-13H2,(H,20,22);1H. The van der Waals surface area contributed by atoms with Crippen LogP contribution in [0.5, 0.6) is 0 Å². The van der Waals surface area contributed by atoms with Crippen LogP contribution in [0.2, 0.25) is 0 Å². The van der Waals surface area contributed by atoms with Gasteiger partial charge in [0.2, 0.25) is 5.91 Å². The highest BCUT2D eigenvalue weighted by molar-refractivity contribution is 9.10. The largest absolute Gasteiger partial charge is 0.325 e. The van der Waals surface area contributed by atoms with Crippen LogP contribution in [-0.4, -0.2) is 42.5 Å². The van der Waals surface area contributed by atoms with Gasteiger partial charge in [-0.1, -0.05) is 35.2 Å². The molecular weight excluding hydrogens is 378 g/mol. The van der Waals surface area contributed by atoms with E-state index in [9.17, 15) is 4.79 Å². The molecule has 0 unspecified atom stereocenters. The summed E-state index contributed by atoms with van der Waals surface area (Å²) in [4.78, 5) is 14.8. The average Bonchev–Trinajstić information content (AvgIpc) is 2.53. The van der Waals surface area contributed by atoms with Gasteiger partial charge in [-0.2, -0.15) is 0 Å². The maximum Gasteiger partial charge on any atom is 0.238 e. The number of carbonyl (C=O) groups excluding carboxylic acids is 1. The SMILES string of the molecule is Cl.O=C(CN1CCNCC12CCCCC2)Nc1ccc(Br)cc1. The minimum absolute atomic E-state index is 0. The third-order valence-corrected chi connectivity index (χ3v) is 5.46. The van der Waals surface area contributed by atoms with Crippen molar-refractivity contribution in [1.82, 2.24) is 10.2 Å². The Bertz CT molecular complexity index is 509. The molecule has 0 bridgehead atoms. The molecule has 1 aliphatic heterocycles. The zero-order valence-corrected chi connectivity index (χ0v) is 15.7. The Morgan fingerprint density at radius 3 is 2.61 bits per heavy atom. The fourth-order valence-electron chi connectivity index (χ4n) is 3.74. The van der Waals surface area contributed by atoms with Crippen LogP contribution < -0.4 is 10.6 Å². The van der Waals surface area contributed by atoms with Crippen LogP contribution in [0.15, 0.2) is 28.7 Å². The molecule has 2 aliphatic rings. The highest BCUT2D eigenvalue weighted by Gasteiger charge is 2.40. The predicted octanol–water partition coefficient (Wildman–Crippen LogP) is 3.42. The Balaban J connectivity index is 0.00000192. The monoisotopic (exact) mass is 401 g/mol. The van der Waals surface area contributed by atoms with Gasteiger partial charge < -0.3 is 10.6 Å². The van der Waals surface area contributed by atoms with Crippen molar-refractivity contribution in [3.8, 4) is 0 Å². The lowest BCUT2D eigenvalue weighted by Crippen LogP contribution is -2.63. The molecule has 2 fully saturated rings. The molecule has 128 valence electrons. The van der Waals surface area contributed by atoms with E-state index in [0.717, 1.165) is 29.8 Å². The van der Waals surface area contributed by atoms with E-state index in [1.165, 1.54) is 32.1 Å². The molecule has 1 aromatic carbocycles. The van der Waals surface area contributed by atoms with Crippen LogP contribution in [0.1, 0.15) is 32.1 Å². The number of carbonyl (C=O) groups is 1. The Hall–Kier alpha value is -0.620. The number of amides is 1. The van der Waals surface area contributed by atoms with Gasteiger partial charge >= 0.3 is 0 Å². The van der Waals surface area contributed by atoms with Crippen molar-refractivity contribution in [3.05, 3.63) is 28.7 Å². The van der Waals surface area contributed by atoms with E-state index in [1.54, 1.807) is 0 Å². The van der Waals surface area contributed by atoms with Crippen molar-refractivity contribution in [2.75, 3.05) is 31.5 Å². The first-order valence-electron chi connectivity index (χ1n) is 8.19. The van der Waals surface area contributed by atoms with Gasteiger partial charge in [-0.3, -0.25) is 9.69 Å². The number of nitrogens with one attached hydrogen (secondary N) is 2. The number of nitrogens with zero attached hydrogens (tertiary/aromatic N) is 1. The summed E-state index contributed by atoms with van der Waals surface area (Å²) < 4.78 is 1.02. The van der Waals surface area contributed by atoms with E-state index in [-0.39, 0.29) is 23.9 Å². The molecule has 6 heteroatoms. The van der Waals surface area contributed by atoms with Gasteiger partial charge in [0, 0.05) is 35.3 Å². The van der Waals surface area contributed by atoms with E-state index in [2.05, 4.69) is 31.5 Å². The fourth-order valence-corrected chi connectivity index (χ4v) is 4.01. The highest BCUT2D eigenvalue weighted by Crippen LogP contribution is 2.34. The molecule has 0 radical (unpaired) electrons. The second-order valence-electron chi connectivity index (χ2n) is 6.44. The number of hydrogen-bond acceptors (Lipinski definition) is 3. The lowest BCUT2D eigenvalue weighted by Gasteiger charge is -2.49. The second kappa shape index (κ2) is 8.47. The van der Waals surface area contributed by atoms with E-state index in [0.29, 0.717) is 6.54 Å².